The Labute approximate surface area is 201 Å². The number of hydrogen-bond donors (Lipinski definition) is 1. The largest absolute Gasteiger partial charge is 0.339 e. The van der Waals surface area contributed by atoms with E-state index in [1.807, 2.05) is 6.07 Å². The first-order valence-corrected chi connectivity index (χ1v) is 11.6. The van der Waals surface area contributed by atoms with Crippen molar-refractivity contribution in [1.82, 2.24) is 15.1 Å². The molecule has 5 rings (SSSR count). The van der Waals surface area contributed by atoms with Crippen LogP contribution < -0.4 is 5.32 Å². The fourth-order valence-corrected chi connectivity index (χ4v) is 5.22. The molecule has 1 unspecified atom stereocenters. The Kier molecular flexibility index (Phi) is 5.81. The van der Waals surface area contributed by atoms with E-state index in [1.165, 1.54) is 11.0 Å². The van der Waals surface area contributed by atoms with Gasteiger partial charge in [0.1, 0.15) is 11.9 Å². The second-order valence-corrected chi connectivity index (χ2v) is 9.19. The fraction of sp³-hybridized carbons (Fsp3) is 0.346. The third-order valence-electron chi connectivity index (χ3n) is 7.10. The summed E-state index contributed by atoms with van der Waals surface area (Å²) >= 11 is 0. The van der Waals surface area contributed by atoms with Crippen LogP contribution in [-0.2, 0) is 16.1 Å². The van der Waals surface area contributed by atoms with Crippen LogP contribution in [0.25, 0.3) is 0 Å². The maximum atomic E-state index is 15.1. The number of carbonyl (C=O) groups is 4. The van der Waals surface area contributed by atoms with Crippen molar-refractivity contribution in [2.24, 2.45) is 0 Å². The zero-order valence-electron chi connectivity index (χ0n) is 18.9. The molecule has 2 saturated heterocycles. The van der Waals surface area contributed by atoms with E-state index in [0.29, 0.717) is 48.2 Å². The lowest BCUT2D eigenvalue weighted by Gasteiger charge is -2.32. The van der Waals surface area contributed by atoms with E-state index >= 15 is 4.39 Å². The standard InChI is InChI=1S/C26H23FN4O4/c27-21-12-20-18(14-31(26(20)35)22-4-5-23(32)29-24(22)33)11-19(21)16-6-8-30(9-7-16)25(34)17-3-1-2-15(10-17)13-28/h1-3,10-12,16,22H,4-9,14H2,(H,29,32,33). The Bertz CT molecular complexity index is 1290. The summed E-state index contributed by atoms with van der Waals surface area (Å²) in [4.78, 5) is 52.6. The van der Waals surface area contributed by atoms with Gasteiger partial charge in [-0.2, -0.15) is 5.26 Å². The van der Waals surface area contributed by atoms with Crippen LogP contribution in [0.3, 0.4) is 0 Å². The van der Waals surface area contributed by atoms with Gasteiger partial charge < -0.3 is 9.80 Å². The second kappa shape index (κ2) is 8.95. The minimum atomic E-state index is -0.743. The molecule has 0 spiro atoms. The van der Waals surface area contributed by atoms with Gasteiger partial charge in [-0.05, 0) is 60.6 Å². The van der Waals surface area contributed by atoms with Crippen LogP contribution >= 0.6 is 0 Å². The molecule has 2 aromatic rings. The van der Waals surface area contributed by atoms with Crippen LogP contribution in [0.4, 0.5) is 4.39 Å². The third kappa shape index (κ3) is 4.16. The number of halogens is 1. The summed E-state index contributed by atoms with van der Waals surface area (Å²) in [6.45, 7) is 1.11. The van der Waals surface area contributed by atoms with Crippen LogP contribution in [0, 0.1) is 17.1 Å². The zero-order chi connectivity index (χ0) is 24.7. The lowest BCUT2D eigenvalue weighted by molar-refractivity contribution is -0.136. The number of carbonyl (C=O) groups excluding carboxylic acids is 4. The number of hydrogen-bond acceptors (Lipinski definition) is 5. The van der Waals surface area contributed by atoms with Crippen molar-refractivity contribution in [2.45, 2.75) is 44.2 Å². The molecule has 3 heterocycles. The smallest absolute Gasteiger partial charge is 0.255 e. The molecule has 9 heteroatoms. The number of rotatable bonds is 3. The van der Waals surface area contributed by atoms with E-state index in [4.69, 9.17) is 5.26 Å². The summed E-state index contributed by atoms with van der Waals surface area (Å²) in [7, 11) is 0. The number of likely N-dealkylation sites (tertiary alicyclic amines) is 1. The van der Waals surface area contributed by atoms with Crippen molar-refractivity contribution in [3.8, 4) is 6.07 Å². The predicted molar refractivity (Wildman–Crippen MR) is 121 cm³/mol. The van der Waals surface area contributed by atoms with Crippen molar-refractivity contribution in [3.63, 3.8) is 0 Å². The van der Waals surface area contributed by atoms with Gasteiger partial charge in [-0.1, -0.05) is 12.1 Å². The zero-order valence-corrected chi connectivity index (χ0v) is 18.9. The molecule has 178 valence electrons. The molecule has 0 aromatic heterocycles. The summed E-state index contributed by atoms with van der Waals surface area (Å²) in [5, 5.41) is 11.3. The quantitative estimate of drug-likeness (QED) is 0.688. The highest BCUT2D eigenvalue weighted by Gasteiger charge is 2.40. The Morgan fingerprint density at radius 1 is 1.09 bits per heavy atom. The molecular weight excluding hydrogens is 451 g/mol. The number of imide groups is 1. The van der Waals surface area contributed by atoms with Crippen molar-refractivity contribution in [2.75, 3.05) is 13.1 Å². The molecule has 35 heavy (non-hydrogen) atoms. The Morgan fingerprint density at radius 2 is 1.86 bits per heavy atom. The monoisotopic (exact) mass is 474 g/mol. The van der Waals surface area contributed by atoms with Crippen LogP contribution in [0.5, 0.6) is 0 Å². The Morgan fingerprint density at radius 3 is 2.57 bits per heavy atom. The molecule has 0 radical (unpaired) electrons. The Balaban J connectivity index is 1.29. The molecule has 4 amide bonds. The number of nitrogens with zero attached hydrogens (tertiary/aromatic N) is 3. The van der Waals surface area contributed by atoms with Crippen molar-refractivity contribution < 1.29 is 23.6 Å². The lowest BCUT2D eigenvalue weighted by atomic mass is 9.87. The van der Waals surface area contributed by atoms with Gasteiger partial charge in [0.2, 0.25) is 11.8 Å². The van der Waals surface area contributed by atoms with Crippen LogP contribution in [0.15, 0.2) is 36.4 Å². The van der Waals surface area contributed by atoms with E-state index in [9.17, 15) is 19.2 Å². The molecule has 0 aliphatic carbocycles. The molecular formula is C26H23FN4O4. The molecule has 3 aliphatic rings. The van der Waals surface area contributed by atoms with Gasteiger partial charge in [0.15, 0.2) is 0 Å². The van der Waals surface area contributed by atoms with Crippen LogP contribution in [0.1, 0.15) is 69.0 Å². The maximum Gasteiger partial charge on any atom is 0.255 e. The van der Waals surface area contributed by atoms with Crippen molar-refractivity contribution >= 4 is 23.6 Å². The average Bonchev–Trinajstić information content (AvgIpc) is 3.18. The summed E-state index contributed by atoms with van der Waals surface area (Å²) in [6.07, 6.45) is 1.56. The topological polar surface area (TPSA) is 111 Å². The van der Waals surface area contributed by atoms with Gasteiger partial charge in [-0.3, -0.25) is 24.5 Å². The van der Waals surface area contributed by atoms with Gasteiger partial charge in [0, 0.05) is 37.2 Å². The lowest BCUT2D eigenvalue weighted by Crippen LogP contribution is -2.52. The number of fused-ring (bicyclic) bond motifs is 1. The minimum Gasteiger partial charge on any atom is -0.339 e. The Hall–Kier alpha value is -4.06. The van der Waals surface area contributed by atoms with E-state index in [1.54, 1.807) is 35.2 Å². The average molecular weight is 474 g/mol. The molecule has 8 nitrogen and oxygen atoms in total. The minimum absolute atomic E-state index is 0.102. The molecule has 2 fully saturated rings. The van der Waals surface area contributed by atoms with Crippen LogP contribution in [-0.4, -0.2) is 52.6 Å². The third-order valence-corrected chi connectivity index (χ3v) is 7.10. The summed E-state index contributed by atoms with van der Waals surface area (Å²) in [5.74, 6) is -1.98. The first kappa shape index (κ1) is 22.7. The van der Waals surface area contributed by atoms with Gasteiger partial charge in [-0.25, -0.2) is 4.39 Å². The maximum absolute atomic E-state index is 15.1. The number of nitrogens with one attached hydrogen (secondary N) is 1. The van der Waals surface area contributed by atoms with Gasteiger partial charge >= 0.3 is 0 Å². The predicted octanol–water partition coefficient (Wildman–Crippen LogP) is 2.48. The number of piperidine rings is 2. The summed E-state index contributed by atoms with van der Waals surface area (Å²) in [5.41, 5.74) is 2.31. The normalized spacial score (nSPS) is 20.5. The van der Waals surface area contributed by atoms with Crippen molar-refractivity contribution in [3.05, 3.63) is 70.0 Å². The molecule has 0 bridgehead atoms. The van der Waals surface area contributed by atoms with E-state index in [-0.39, 0.29) is 42.7 Å². The van der Waals surface area contributed by atoms with Crippen molar-refractivity contribution in [1.29, 1.82) is 5.26 Å². The van der Waals surface area contributed by atoms with E-state index in [2.05, 4.69) is 5.32 Å². The van der Waals surface area contributed by atoms with E-state index in [0.717, 1.165) is 0 Å². The highest BCUT2D eigenvalue weighted by molar-refractivity contribution is 6.05. The molecule has 2 aromatic carbocycles. The first-order chi connectivity index (χ1) is 16.9. The summed E-state index contributed by atoms with van der Waals surface area (Å²) < 4.78 is 15.1. The molecule has 3 aliphatic heterocycles. The van der Waals surface area contributed by atoms with Gasteiger partial charge in [-0.15, -0.1) is 0 Å². The van der Waals surface area contributed by atoms with Gasteiger partial charge in [0.05, 0.1) is 11.6 Å². The molecule has 1 atom stereocenters. The number of amides is 4. The SMILES string of the molecule is N#Cc1cccc(C(=O)N2CCC(c3cc4c(cc3F)C(=O)N(C3CCC(=O)NC3=O)C4)CC2)c1. The van der Waals surface area contributed by atoms with E-state index < -0.39 is 23.7 Å². The molecule has 0 saturated carbocycles. The highest BCUT2D eigenvalue weighted by atomic mass is 19.1. The number of benzene rings is 2. The van der Waals surface area contributed by atoms with Crippen LogP contribution in [0.2, 0.25) is 0 Å². The fourth-order valence-electron chi connectivity index (χ4n) is 5.22. The number of nitriles is 1. The highest BCUT2D eigenvalue weighted by Crippen LogP contribution is 2.35. The first-order valence-electron chi connectivity index (χ1n) is 11.6. The second-order valence-electron chi connectivity index (χ2n) is 9.19. The van der Waals surface area contributed by atoms with Gasteiger partial charge in [0.25, 0.3) is 11.8 Å². The summed E-state index contributed by atoms with van der Waals surface area (Å²) in [6, 6.07) is 10.8. The molecule has 1 N–H and O–H groups in total.